The first kappa shape index (κ1) is 19.6. The van der Waals surface area contributed by atoms with Gasteiger partial charge in [-0.05, 0) is 54.4 Å². The lowest BCUT2D eigenvalue weighted by atomic mass is 10.0. The van der Waals surface area contributed by atoms with Crippen LogP contribution in [-0.2, 0) is 11.3 Å². The zero-order valence-corrected chi connectivity index (χ0v) is 16.9. The van der Waals surface area contributed by atoms with Crippen molar-refractivity contribution in [2.75, 3.05) is 11.9 Å². The molecule has 0 unspecified atom stereocenters. The Morgan fingerprint density at radius 1 is 1.03 bits per heavy atom. The van der Waals surface area contributed by atoms with E-state index in [1.54, 1.807) is 0 Å². The standard InChI is InChI=1S/C24H22FN3O2/c1-16-24(26-23(29)15-30-21-12-10-20(25)11-13-21)17(2)28(27-16)14-19-8-5-7-18-6-3-4-9-22(18)19/h3-13H,14-15H2,1-2H3,(H,26,29). The van der Waals surface area contributed by atoms with Crippen LogP contribution in [0, 0.1) is 19.7 Å². The van der Waals surface area contributed by atoms with Gasteiger partial charge in [0, 0.05) is 0 Å². The molecule has 1 heterocycles. The molecule has 1 N–H and O–H groups in total. The lowest BCUT2D eigenvalue weighted by molar-refractivity contribution is -0.118. The van der Waals surface area contributed by atoms with Crippen molar-refractivity contribution in [3.8, 4) is 5.75 Å². The fraction of sp³-hybridized carbons (Fsp3) is 0.167. The summed E-state index contributed by atoms with van der Waals surface area (Å²) in [5.74, 6) is -0.210. The van der Waals surface area contributed by atoms with Gasteiger partial charge in [-0.3, -0.25) is 9.48 Å². The zero-order chi connectivity index (χ0) is 21.1. The SMILES string of the molecule is Cc1nn(Cc2cccc3ccccc23)c(C)c1NC(=O)COc1ccc(F)cc1. The first-order valence-electron chi connectivity index (χ1n) is 9.70. The maximum absolute atomic E-state index is 13.0. The minimum absolute atomic E-state index is 0.168. The van der Waals surface area contributed by atoms with Crippen LogP contribution >= 0.6 is 0 Å². The lowest BCUT2D eigenvalue weighted by Gasteiger charge is -2.10. The third kappa shape index (κ3) is 4.17. The van der Waals surface area contributed by atoms with Crippen LogP contribution in [0.3, 0.4) is 0 Å². The van der Waals surface area contributed by atoms with E-state index in [2.05, 4.69) is 34.7 Å². The number of rotatable bonds is 6. The number of nitrogens with one attached hydrogen (secondary N) is 1. The van der Waals surface area contributed by atoms with Gasteiger partial charge in [0.1, 0.15) is 11.6 Å². The second-order valence-corrected chi connectivity index (χ2v) is 7.13. The molecular weight excluding hydrogens is 381 g/mol. The van der Waals surface area contributed by atoms with Gasteiger partial charge in [0.25, 0.3) is 5.91 Å². The summed E-state index contributed by atoms with van der Waals surface area (Å²) in [6.07, 6.45) is 0. The molecule has 0 saturated heterocycles. The molecule has 4 aromatic rings. The smallest absolute Gasteiger partial charge is 0.262 e. The second-order valence-electron chi connectivity index (χ2n) is 7.13. The Balaban J connectivity index is 1.47. The number of ether oxygens (including phenoxy) is 1. The fourth-order valence-electron chi connectivity index (χ4n) is 3.48. The number of amides is 1. The van der Waals surface area contributed by atoms with Crippen LogP contribution in [0.25, 0.3) is 10.8 Å². The van der Waals surface area contributed by atoms with Crippen molar-refractivity contribution in [3.63, 3.8) is 0 Å². The molecule has 0 aliphatic rings. The Hall–Kier alpha value is -3.67. The van der Waals surface area contributed by atoms with E-state index in [9.17, 15) is 9.18 Å². The first-order chi connectivity index (χ1) is 14.5. The third-order valence-electron chi connectivity index (χ3n) is 5.03. The van der Waals surface area contributed by atoms with Crippen LogP contribution in [-0.4, -0.2) is 22.3 Å². The minimum atomic E-state index is -0.350. The van der Waals surface area contributed by atoms with Crippen molar-refractivity contribution in [1.29, 1.82) is 0 Å². The fourth-order valence-corrected chi connectivity index (χ4v) is 3.48. The molecule has 0 fully saturated rings. The highest BCUT2D eigenvalue weighted by atomic mass is 19.1. The maximum Gasteiger partial charge on any atom is 0.262 e. The summed E-state index contributed by atoms with van der Waals surface area (Å²) in [7, 11) is 0. The van der Waals surface area contributed by atoms with E-state index in [-0.39, 0.29) is 18.3 Å². The van der Waals surface area contributed by atoms with Crippen LogP contribution in [0.4, 0.5) is 10.1 Å². The topological polar surface area (TPSA) is 56.2 Å². The van der Waals surface area contributed by atoms with E-state index in [4.69, 9.17) is 4.74 Å². The predicted octanol–water partition coefficient (Wildman–Crippen LogP) is 4.86. The molecule has 0 saturated carbocycles. The highest BCUT2D eigenvalue weighted by molar-refractivity contribution is 5.93. The first-order valence-corrected chi connectivity index (χ1v) is 9.70. The van der Waals surface area contributed by atoms with Gasteiger partial charge in [-0.2, -0.15) is 5.10 Å². The molecular formula is C24H22FN3O2. The van der Waals surface area contributed by atoms with Gasteiger partial charge < -0.3 is 10.1 Å². The molecule has 152 valence electrons. The number of halogens is 1. The summed E-state index contributed by atoms with van der Waals surface area (Å²) < 4.78 is 20.3. The van der Waals surface area contributed by atoms with E-state index in [0.717, 1.165) is 17.0 Å². The Morgan fingerprint density at radius 2 is 1.77 bits per heavy atom. The highest BCUT2D eigenvalue weighted by Gasteiger charge is 2.15. The Labute approximate surface area is 174 Å². The van der Waals surface area contributed by atoms with Gasteiger partial charge in [-0.1, -0.05) is 42.5 Å². The molecule has 0 atom stereocenters. The number of anilines is 1. The lowest BCUT2D eigenvalue weighted by Crippen LogP contribution is -2.21. The normalized spacial score (nSPS) is 10.9. The van der Waals surface area contributed by atoms with E-state index in [0.29, 0.717) is 18.0 Å². The number of hydrogen-bond acceptors (Lipinski definition) is 3. The number of fused-ring (bicyclic) bond motifs is 1. The van der Waals surface area contributed by atoms with E-state index >= 15 is 0 Å². The Bertz CT molecular complexity index is 1190. The summed E-state index contributed by atoms with van der Waals surface area (Å²) in [5.41, 5.74) is 3.46. The maximum atomic E-state index is 13.0. The third-order valence-corrected chi connectivity index (χ3v) is 5.03. The van der Waals surface area contributed by atoms with Gasteiger partial charge in [0.2, 0.25) is 0 Å². The van der Waals surface area contributed by atoms with Crippen molar-refractivity contribution in [3.05, 3.63) is 89.5 Å². The Morgan fingerprint density at radius 3 is 2.57 bits per heavy atom. The van der Waals surface area contributed by atoms with Crippen molar-refractivity contribution >= 4 is 22.4 Å². The van der Waals surface area contributed by atoms with Gasteiger partial charge in [-0.25, -0.2) is 4.39 Å². The van der Waals surface area contributed by atoms with Gasteiger partial charge in [0.15, 0.2) is 6.61 Å². The van der Waals surface area contributed by atoms with Crippen LogP contribution in [0.1, 0.15) is 17.0 Å². The molecule has 0 aliphatic heterocycles. The van der Waals surface area contributed by atoms with Crippen LogP contribution in [0.15, 0.2) is 66.7 Å². The molecule has 4 rings (SSSR count). The molecule has 0 radical (unpaired) electrons. The van der Waals surface area contributed by atoms with E-state index in [1.807, 2.05) is 36.7 Å². The predicted molar refractivity (Wildman–Crippen MR) is 115 cm³/mol. The zero-order valence-electron chi connectivity index (χ0n) is 16.9. The number of nitrogens with zero attached hydrogens (tertiary/aromatic N) is 2. The number of carbonyl (C=O) groups excluding carboxylic acids is 1. The number of carbonyl (C=O) groups is 1. The second kappa shape index (κ2) is 8.37. The van der Waals surface area contributed by atoms with Crippen LogP contribution in [0.5, 0.6) is 5.75 Å². The molecule has 1 amide bonds. The summed E-state index contributed by atoms with van der Waals surface area (Å²) in [6, 6.07) is 20.0. The summed E-state index contributed by atoms with van der Waals surface area (Å²) in [4.78, 5) is 12.4. The summed E-state index contributed by atoms with van der Waals surface area (Å²) in [5, 5.41) is 9.86. The van der Waals surface area contributed by atoms with Crippen molar-refractivity contribution in [1.82, 2.24) is 9.78 Å². The Kier molecular flexibility index (Phi) is 5.48. The quantitative estimate of drug-likeness (QED) is 0.500. The van der Waals surface area contributed by atoms with Gasteiger partial charge >= 0.3 is 0 Å². The summed E-state index contributed by atoms with van der Waals surface area (Å²) in [6.45, 7) is 4.24. The highest BCUT2D eigenvalue weighted by Crippen LogP contribution is 2.24. The molecule has 0 spiro atoms. The van der Waals surface area contributed by atoms with Crippen molar-refractivity contribution in [2.24, 2.45) is 0 Å². The average molecular weight is 403 g/mol. The van der Waals surface area contributed by atoms with Crippen molar-refractivity contribution < 1.29 is 13.9 Å². The van der Waals surface area contributed by atoms with Crippen LogP contribution < -0.4 is 10.1 Å². The van der Waals surface area contributed by atoms with Crippen molar-refractivity contribution in [2.45, 2.75) is 20.4 Å². The van der Waals surface area contributed by atoms with E-state index < -0.39 is 0 Å². The largest absolute Gasteiger partial charge is 0.484 e. The number of aromatic nitrogens is 2. The molecule has 5 nitrogen and oxygen atoms in total. The molecule has 0 aliphatic carbocycles. The van der Waals surface area contributed by atoms with Crippen LogP contribution in [0.2, 0.25) is 0 Å². The monoisotopic (exact) mass is 403 g/mol. The number of aryl methyl sites for hydroxylation is 1. The molecule has 1 aromatic heterocycles. The molecule has 30 heavy (non-hydrogen) atoms. The minimum Gasteiger partial charge on any atom is -0.484 e. The molecule has 0 bridgehead atoms. The number of benzene rings is 3. The van der Waals surface area contributed by atoms with E-state index in [1.165, 1.54) is 35.0 Å². The molecule has 3 aromatic carbocycles. The molecule has 6 heteroatoms. The number of hydrogen-bond donors (Lipinski definition) is 1. The van der Waals surface area contributed by atoms with Gasteiger partial charge in [0.05, 0.1) is 23.6 Å². The summed E-state index contributed by atoms with van der Waals surface area (Å²) >= 11 is 0. The average Bonchev–Trinajstić information content (AvgIpc) is 3.01. The van der Waals surface area contributed by atoms with Gasteiger partial charge in [-0.15, -0.1) is 0 Å².